The molecule has 1 aliphatic rings. The summed E-state index contributed by atoms with van der Waals surface area (Å²) in [7, 11) is -3.03. The molecule has 0 N–H and O–H groups in total. The Kier molecular flexibility index (Phi) is 7.52. The molecule has 0 amide bonds. The van der Waals surface area contributed by atoms with Crippen LogP contribution < -0.4 is 0 Å². The average molecular weight is 304 g/mol. The van der Waals surface area contributed by atoms with Crippen molar-refractivity contribution in [3.63, 3.8) is 0 Å². The summed E-state index contributed by atoms with van der Waals surface area (Å²) < 4.78 is 25.3. The predicted molar refractivity (Wildman–Crippen MR) is 86.4 cm³/mol. The molecule has 0 unspecified atom stereocenters. The van der Waals surface area contributed by atoms with Crippen LogP contribution in [-0.2, 0) is 10.0 Å². The zero-order valence-electron chi connectivity index (χ0n) is 13.7. The van der Waals surface area contributed by atoms with E-state index in [0.29, 0.717) is 18.5 Å². The summed E-state index contributed by atoms with van der Waals surface area (Å²) in [5.74, 6) is 0. The molecule has 1 saturated heterocycles. The highest BCUT2D eigenvalue weighted by Gasteiger charge is 2.20. The first-order valence-corrected chi connectivity index (χ1v) is 10.1. The van der Waals surface area contributed by atoms with Crippen LogP contribution in [-0.4, -0.2) is 32.1 Å². The van der Waals surface area contributed by atoms with Gasteiger partial charge in [0.1, 0.15) is 0 Å². The minimum absolute atomic E-state index is 0.354. The predicted octanol–water partition coefficient (Wildman–Crippen LogP) is 4.19. The van der Waals surface area contributed by atoms with E-state index < -0.39 is 10.0 Å². The summed E-state index contributed by atoms with van der Waals surface area (Å²) >= 11 is 0. The second-order valence-electron chi connectivity index (χ2n) is 7.15. The number of hydrogen-bond acceptors (Lipinski definition) is 2. The molecule has 0 bridgehead atoms. The number of hydrogen-bond donors (Lipinski definition) is 0. The summed E-state index contributed by atoms with van der Waals surface area (Å²) in [6.07, 6.45) is 13.5. The van der Waals surface area contributed by atoms with Gasteiger partial charge in [-0.25, -0.2) is 12.7 Å². The average Bonchev–Trinajstić information content (AvgIpc) is 2.32. The number of sulfonamides is 1. The molecule has 1 fully saturated rings. The summed E-state index contributed by atoms with van der Waals surface area (Å²) in [6.45, 7) is 6.05. The largest absolute Gasteiger partial charge is 0.213 e. The molecule has 0 atom stereocenters. The Balaban J connectivity index is 2.56. The van der Waals surface area contributed by atoms with Crippen molar-refractivity contribution in [2.45, 2.75) is 78.1 Å². The zero-order chi connectivity index (χ0) is 15.1. The van der Waals surface area contributed by atoms with E-state index in [0.717, 1.165) is 25.7 Å². The highest BCUT2D eigenvalue weighted by molar-refractivity contribution is 7.88. The summed E-state index contributed by atoms with van der Waals surface area (Å²) in [5, 5.41) is 0. The fourth-order valence-corrected chi connectivity index (χ4v) is 4.00. The van der Waals surface area contributed by atoms with Crippen molar-refractivity contribution < 1.29 is 8.42 Å². The fourth-order valence-electron chi connectivity index (χ4n) is 3.08. The van der Waals surface area contributed by atoms with Gasteiger partial charge in [0.15, 0.2) is 0 Å². The van der Waals surface area contributed by atoms with Crippen LogP contribution >= 0.6 is 0 Å². The van der Waals surface area contributed by atoms with E-state index in [1.165, 1.54) is 44.8 Å². The Morgan fingerprint density at radius 2 is 1.20 bits per heavy atom. The van der Waals surface area contributed by atoms with Gasteiger partial charge in [0.2, 0.25) is 10.0 Å². The van der Waals surface area contributed by atoms with Gasteiger partial charge in [-0.15, -0.1) is 0 Å². The second-order valence-corrected chi connectivity index (χ2v) is 9.14. The van der Waals surface area contributed by atoms with E-state index >= 15 is 0 Å². The van der Waals surface area contributed by atoms with E-state index in [2.05, 4.69) is 13.8 Å². The van der Waals surface area contributed by atoms with E-state index in [4.69, 9.17) is 0 Å². The Hall–Kier alpha value is -0.0900. The van der Waals surface area contributed by atoms with Crippen molar-refractivity contribution in [2.75, 3.05) is 19.3 Å². The fraction of sp³-hybridized carbons (Fsp3) is 1.00. The molecular weight excluding hydrogens is 270 g/mol. The van der Waals surface area contributed by atoms with E-state index in [1.54, 1.807) is 4.31 Å². The summed E-state index contributed by atoms with van der Waals surface area (Å²) in [5.41, 5.74) is 0.354. The van der Waals surface area contributed by atoms with Crippen LogP contribution in [0, 0.1) is 5.41 Å². The third kappa shape index (κ3) is 7.63. The van der Waals surface area contributed by atoms with Crippen molar-refractivity contribution in [3.05, 3.63) is 0 Å². The molecule has 0 aromatic heterocycles. The maximum absolute atomic E-state index is 11.8. The minimum atomic E-state index is -3.03. The van der Waals surface area contributed by atoms with E-state index in [1.807, 2.05) is 0 Å². The third-order valence-electron chi connectivity index (χ3n) is 4.49. The SMILES string of the molecule is CC1(C)CCCCCCCCCN(S(C)(=O)=O)CCC1. The van der Waals surface area contributed by atoms with Gasteiger partial charge in [0, 0.05) is 13.1 Å². The highest BCUT2D eigenvalue weighted by atomic mass is 32.2. The first-order chi connectivity index (χ1) is 9.31. The molecule has 20 heavy (non-hydrogen) atoms. The van der Waals surface area contributed by atoms with Crippen LogP contribution in [0.5, 0.6) is 0 Å². The van der Waals surface area contributed by atoms with Crippen molar-refractivity contribution in [1.29, 1.82) is 0 Å². The molecule has 0 aliphatic carbocycles. The van der Waals surface area contributed by atoms with Gasteiger partial charge >= 0.3 is 0 Å². The zero-order valence-corrected chi connectivity index (χ0v) is 14.5. The molecule has 1 aliphatic heterocycles. The van der Waals surface area contributed by atoms with Crippen molar-refractivity contribution in [3.8, 4) is 0 Å². The molecule has 0 saturated carbocycles. The lowest BCUT2D eigenvalue weighted by atomic mass is 9.82. The molecule has 3 nitrogen and oxygen atoms in total. The van der Waals surface area contributed by atoms with Crippen LogP contribution in [0.15, 0.2) is 0 Å². The van der Waals surface area contributed by atoms with Gasteiger partial charge in [-0.05, 0) is 31.1 Å². The smallest absolute Gasteiger partial charge is 0.211 e. The highest BCUT2D eigenvalue weighted by Crippen LogP contribution is 2.30. The van der Waals surface area contributed by atoms with Crippen LogP contribution in [0.3, 0.4) is 0 Å². The molecule has 0 aromatic carbocycles. The van der Waals surface area contributed by atoms with E-state index in [-0.39, 0.29) is 0 Å². The standard InChI is InChI=1S/C16H33NO2S/c1-16(2)12-9-7-5-4-6-8-10-14-17(15-11-13-16)20(3,18)19/h4-15H2,1-3H3. The maximum Gasteiger partial charge on any atom is 0.211 e. The second kappa shape index (κ2) is 8.38. The topological polar surface area (TPSA) is 37.4 Å². The van der Waals surface area contributed by atoms with Crippen molar-refractivity contribution in [1.82, 2.24) is 4.31 Å². The quantitative estimate of drug-likeness (QED) is 0.728. The van der Waals surface area contributed by atoms with Gasteiger partial charge in [0.05, 0.1) is 6.26 Å². The summed E-state index contributed by atoms with van der Waals surface area (Å²) in [6, 6.07) is 0. The summed E-state index contributed by atoms with van der Waals surface area (Å²) in [4.78, 5) is 0. The van der Waals surface area contributed by atoms with Gasteiger partial charge in [-0.1, -0.05) is 52.4 Å². The van der Waals surface area contributed by atoms with Gasteiger partial charge in [-0.2, -0.15) is 0 Å². The molecule has 120 valence electrons. The van der Waals surface area contributed by atoms with Crippen LogP contribution in [0.4, 0.5) is 0 Å². The Morgan fingerprint density at radius 1 is 0.750 bits per heavy atom. The Labute approximate surface area is 126 Å². The minimum Gasteiger partial charge on any atom is -0.213 e. The van der Waals surface area contributed by atoms with Crippen LogP contribution in [0.1, 0.15) is 78.1 Å². The first-order valence-electron chi connectivity index (χ1n) is 8.26. The normalized spacial score (nSPS) is 24.9. The van der Waals surface area contributed by atoms with Gasteiger partial charge < -0.3 is 0 Å². The maximum atomic E-state index is 11.8. The third-order valence-corrected chi connectivity index (χ3v) is 5.79. The Morgan fingerprint density at radius 3 is 1.80 bits per heavy atom. The van der Waals surface area contributed by atoms with Crippen molar-refractivity contribution in [2.24, 2.45) is 5.41 Å². The number of rotatable bonds is 1. The molecule has 0 spiro atoms. The van der Waals surface area contributed by atoms with Gasteiger partial charge in [0.25, 0.3) is 0 Å². The Bertz CT molecular complexity index is 363. The van der Waals surface area contributed by atoms with Crippen LogP contribution in [0.25, 0.3) is 0 Å². The van der Waals surface area contributed by atoms with E-state index in [9.17, 15) is 8.42 Å². The monoisotopic (exact) mass is 303 g/mol. The molecule has 4 heteroatoms. The lowest BCUT2D eigenvalue weighted by molar-refractivity contribution is 0.269. The number of nitrogens with zero attached hydrogens (tertiary/aromatic N) is 1. The first kappa shape index (κ1) is 18.0. The molecular formula is C16H33NO2S. The van der Waals surface area contributed by atoms with Crippen LogP contribution in [0.2, 0.25) is 0 Å². The molecule has 0 aromatic rings. The van der Waals surface area contributed by atoms with Crippen molar-refractivity contribution >= 4 is 10.0 Å². The molecule has 0 radical (unpaired) electrons. The lowest BCUT2D eigenvalue weighted by Gasteiger charge is -2.27. The molecule has 1 rings (SSSR count). The lowest BCUT2D eigenvalue weighted by Crippen LogP contribution is -2.32. The molecule has 1 heterocycles. The van der Waals surface area contributed by atoms with Gasteiger partial charge in [-0.3, -0.25) is 0 Å².